The summed E-state index contributed by atoms with van der Waals surface area (Å²) in [6.45, 7) is 1.44. The molecule has 0 saturated carbocycles. The van der Waals surface area contributed by atoms with Crippen LogP contribution in [0, 0.1) is 0 Å². The van der Waals surface area contributed by atoms with E-state index in [0.29, 0.717) is 16.8 Å². The SMILES string of the molecule is CC(=O)CC(Cc1cccc(Cl)c1)c1c([O-])c2ccccc2oc1=O. The maximum Gasteiger partial charge on any atom is 0.339 e. The van der Waals surface area contributed by atoms with Crippen molar-refractivity contribution in [2.24, 2.45) is 0 Å². The number of hydrogen-bond donors (Lipinski definition) is 0. The molecule has 0 aliphatic heterocycles. The molecule has 3 rings (SSSR count). The number of para-hydroxylation sites is 1. The smallest absolute Gasteiger partial charge is 0.339 e. The summed E-state index contributed by atoms with van der Waals surface area (Å²) in [6.07, 6.45) is 0.448. The van der Waals surface area contributed by atoms with E-state index in [1.807, 2.05) is 6.07 Å². The fraction of sp³-hybridized carbons (Fsp3) is 0.200. The lowest BCUT2D eigenvalue weighted by molar-refractivity contribution is -0.267. The molecule has 0 radical (unpaired) electrons. The van der Waals surface area contributed by atoms with Crippen molar-refractivity contribution in [1.29, 1.82) is 0 Å². The predicted octanol–water partition coefficient (Wildman–Crippen LogP) is 3.83. The Bertz CT molecular complexity index is 990. The van der Waals surface area contributed by atoms with E-state index < -0.39 is 11.5 Å². The minimum absolute atomic E-state index is 0.0221. The molecule has 0 saturated heterocycles. The Morgan fingerprint density at radius 2 is 1.96 bits per heavy atom. The third-order valence-corrected chi connectivity index (χ3v) is 4.35. The first-order valence-electron chi connectivity index (χ1n) is 7.92. The van der Waals surface area contributed by atoms with E-state index in [1.165, 1.54) is 6.92 Å². The number of benzene rings is 2. The van der Waals surface area contributed by atoms with Crippen LogP contribution in [0.2, 0.25) is 5.02 Å². The van der Waals surface area contributed by atoms with Crippen molar-refractivity contribution in [3.05, 3.63) is 75.1 Å². The fourth-order valence-corrected chi connectivity index (χ4v) is 3.27. The van der Waals surface area contributed by atoms with Crippen LogP contribution in [0.15, 0.2) is 57.7 Å². The van der Waals surface area contributed by atoms with E-state index in [2.05, 4.69) is 0 Å². The molecule has 1 heterocycles. The summed E-state index contributed by atoms with van der Waals surface area (Å²) in [5.74, 6) is -1.02. The maximum absolute atomic E-state index is 12.8. The lowest BCUT2D eigenvalue weighted by Gasteiger charge is -2.22. The summed E-state index contributed by atoms with van der Waals surface area (Å²) >= 11 is 6.01. The molecule has 0 amide bonds. The maximum atomic E-state index is 12.8. The molecule has 0 fully saturated rings. The number of fused-ring (bicyclic) bond motifs is 1. The molecule has 25 heavy (non-hydrogen) atoms. The van der Waals surface area contributed by atoms with Gasteiger partial charge in [-0.1, -0.05) is 47.7 Å². The van der Waals surface area contributed by atoms with Gasteiger partial charge in [0.1, 0.15) is 11.4 Å². The third-order valence-electron chi connectivity index (χ3n) is 4.11. The van der Waals surface area contributed by atoms with E-state index in [-0.39, 0.29) is 29.1 Å². The Kier molecular flexibility index (Phi) is 4.91. The van der Waals surface area contributed by atoms with Crippen LogP contribution >= 0.6 is 11.6 Å². The zero-order valence-electron chi connectivity index (χ0n) is 13.6. The van der Waals surface area contributed by atoms with Crippen LogP contribution in [0.5, 0.6) is 5.75 Å². The standard InChI is InChI=1S/C20H17ClO4/c1-12(22)9-14(10-13-5-4-6-15(21)11-13)18-19(23)16-7-2-3-8-17(16)25-20(18)24/h2-8,11,14,23H,9-10H2,1H3/p-1. The number of carbonyl (C=O) groups excluding carboxylic acids is 1. The first-order valence-corrected chi connectivity index (χ1v) is 8.30. The second kappa shape index (κ2) is 7.11. The monoisotopic (exact) mass is 355 g/mol. The molecule has 0 spiro atoms. The zero-order chi connectivity index (χ0) is 18.0. The Morgan fingerprint density at radius 1 is 1.20 bits per heavy atom. The predicted molar refractivity (Wildman–Crippen MR) is 95.1 cm³/mol. The van der Waals surface area contributed by atoms with Crippen molar-refractivity contribution in [3.63, 3.8) is 0 Å². The van der Waals surface area contributed by atoms with E-state index in [0.717, 1.165) is 5.56 Å². The number of halogens is 1. The van der Waals surface area contributed by atoms with Crippen LogP contribution < -0.4 is 10.7 Å². The minimum atomic E-state index is -0.683. The number of ketones is 1. The van der Waals surface area contributed by atoms with Crippen molar-refractivity contribution in [1.82, 2.24) is 0 Å². The van der Waals surface area contributed by atoms with Crippen molar-refractivity contribution in [2.75, 3.05) is 0 Å². The average Bonchev–Trinajstić information content (AvgIpc) is 2.54. The summed E-state index contributed by atoms with van der Waals surface area (Å²) in [5.41, 5.74) is 0.446. The summed E-state index contributed by atoms with van der Waals surface area (Å²) in [7, 11) is 0. The van der Waals surface area contributed by atoms with Gasteiger partial charge >= 0.3 is 5.63 Å². The molecular formula is C20H16ClO4-. The summed E-state index contributed by atoms with van der Waals surface area (Å²) < 4.78 is 5.30. The molecule has 0 aliphatic rings. The summed E-state index contributed by atoms with van der Waals surface area (Å²) in [6, 6.07) is 13.8. The fourth-order valence-electron chi connectivity index (χ4n) is 3.06. The van der Waals surface area contributed by atoms with E-state index >= 15 is 0 Å². The molecule has 2 aromatic carbocycles. The zero-order valence-corrected chi connectivity index (χ0v) is 14.4. The van der Waals surface area contributed by atoms with Crippen LogP contribution in [-0.2, 0) is 11.2 Å². The van der Waals surface area contributed by atoms with Gasteiger partial charge in [-0.15, -0.1) is 0 Å². The van der Waals surface area contributed by atoms with E-state index in [4.69, 9.17) is 16.0 Å². The molecule has 128 valence electrons. The van der Waals surface area contributed by atoms with Gasteiger partial charge in [0.2, 0.25) is 0 Å². The van der Waals surface area contributed by atoms with E-state index in [1.54, 1.807) is 42.5 Å². The second-order valence-corrected chi connectivity index (χ2v) is 6.50. The summed E-state index contributed by atoms with van der Waals surface area (Å²) in [4.78, 5) is 24.1. The first-order chi connectivity index (χ1) is 12.0. The van der Waals surface area contributed by atoms with Crippen molar-refractivity contribution in [3.8, 4) is 5.75 Å². The van der Waals surface area contributed by atoms with Gasteiger partial charge in [0, 0.05) is 28.3 Å². The Balaban J connectivity index is 2.11. The molecule has 0 bridgehead atoms. The van der Waals surface area contributed by atoms with E-state index in [9.17, 15) is 14.7 Å². The van der Waals surface area contributed by atoms with Crippen LogP contribution in [0.1, 0.15) is 30.4 Å². The van der Waals surface area contributed by atoms with Gasteiger partial charge in [0.15, 0.2) is 0 Å². The highest BCUT2D eigenvalue weighted by molar-refractivity contribution is 6.30. The van der Waals surface area contributed by atoms with Crippen LogP contribution in [0.25, 0.3) is 11.0 Å². The lowest BCUT2D eigenvalue weighted by Crippen LogP contribution is -2.20. The summed E-state index contributed by atoms with van der Waals surface area (Å²) in [5, 5.41) is 13.7. The number of carbonyl (C=O) groups is 1. The highest BCUT2D eigenvalue weighted by atomic mass is 35.5. The third kappa shape index (κ3) is 3.74. The van der Waals surface area contributed by atoms with Gasteiger partial charge in [-0.25, -0.2) is 4.79 Å². The van der Waals surface area contributed by atoms with Crippen molar-refractivity contribution in [2.45, 2.75) is 25.7 Å². The minimum Gasteiger partial charge on any atom is -0.872 e. The molecule has 1 unspecified atom stereocenters. The largest absolute Gasteiger partial charge is 0.872 e. The van der Waals surface area contributed by atoms with Crippen LogP contribution in [-0.4, -0.2) is 5.78 Å². The lowest BCUT2D eigenvalue weighted by atomic mass is 9.88. The van der Waals surface area contributed by atoms with Crippen molar-refractivity contribution < 1.29 is 14.3 Å². The van der Waals surface area contributed by atoms with Crippen molar-refractivity contribution >= 4 is 28.4 Å². The van der Waals surface area contributed by atoms with Gasteiger partial charge in [-0.2, -0.15) is 0 Å². The quantitative estimate of drug-likeness (QED) is 0.652. The normalized spacial score (nSPS) is 12.2. The van der Waals surface area contributed by atoms with Gasteiger partial charge < -0.3 is 14.3 Å². The number of rotatable bonds is 5. The highest BCUT2D eigenvalue weighted by Gasteiger charge is 2.21. The topological polar surface area (TPSA) is 70.3 Å². The molecule has 4 nitrogen and oxygen atoms in total. The Morgan fingerprint density at radius 3 is 2.68 bits per heavy atom. The molecule has 1 atom stereocenters. The molecule has 0 N–H and O–H groups in total. The average molecular weight is 356 g/mol. The van der Waals surface area contributed by atoms with Gasteiger partial charge in [-0.05, 0) is 37.1 Å². The first kappa shape index (κ1) is 17.2. The molecule has 1 aromatic heterocycles. The molecular weight excluding hydrogens is 340 g/mol. The molecule has 0 aliphatic carbocycles. The molecule has 5 heteroatoms. The molecule has 3 aromatic rings. The Hall–Kier alpha value is -2.59. The van der Waals surface area contributed by atoms with Gasteiger partial charge in [0.05, 0.1) is 0 Å². The number of Topliss-reactive ketones (excluding diaryl/α,β-unsaturated/α-hetero) is 1. The highest BCUT2D eigenvalue weighted by Crippen LogP contribution is 2.32. The van der Waals surface area contributed by atoms with Gasteiger partial charge in [0.25, 0.3) is 0 Å². The van der Waals surface area contributed by atoms with Crippen LogP contribution in [0.3, 0.4) is 0 Å². The second-order valence-electron chi connectivity index (χ2n) is 6.07. The number of hydrogen-bond acceptors (Lipinski definition) is 4. The Labute approximate surface area is 149 Å². The van der Waals surface area contributed by atoms with Crippen LogP contribution in [0.4, 0.5) is 0 Å². The van der Waals surface area contributed by atoms with Gasteiger partial charge in [-0.3, -0.25) is 0 Å².